The van der Waals surface area contributed by atoms with Crippen LogP contribution in [0.25, 0.3) is 11.3 Å². The van der Waals surface area contributed by atoms with Crippen molar-refractivity contribution < 1.29 is 9.15 Å². The molecule has 5 nitrogen and oxygen atoms in total. The van der Waals surface area contributed by atoms with Gasteiger partial charge in [0, 0.05) is 18.7 Å². The fraction of sp³-hybridized carbons (Fsp3) is 0.381. The predicted octanol–water partition coefficient (Wildman–Crippen LogP) is 3.63. The molecule has 5 rings (SSSR count). The van der Waals surface area contributed by atoms with Gasteiger partial charge < -0.3 is 13.7 Å². The molecule has 1 spiro atoms. The van der Waals surface area contributed by atoms with Crippen LogP contribution in [0.2, 0.25) is 0 Å². The van der Waals surface area contributed by atoms with Gasteiger partial charge in [-0.2, -0.15) is 0 Å². The largest absolute Gasteiger partial charge is 0.468 e. The van der Waals surface area contributed by atoms with Crippen LogP contribution in [0.15, 0.2) is 53.3 Å². The van der Waals surface area contributed by atoms with Gasteiger partial charge in [0.25, 0.3) is 0 Å². The van der Waals surface area contributed by atoms with Crippen molar-refractivity contribution in [1.29, 1.82) is 0 Å². The molecule has 0 unspecified atom stereocenters. The minimum absolute atomic E-state index is 0.126. The second kappa shape index (κ2) is 6.11. The lowest BCUT2D eigenvalue weighted by Crippen LogP contribution is -2.44. The summed E-state index contributed by atoms with van der Waals surface area (Å²) in [6.45, 7) is 6.38. The molecule has 0 N–H and O–H groups in total. The molecule has 1 saturated heterocycles. The van der Waals surface area contributed by atoms with Crippen LogP contribution in [0.4, 0.5) is 0 Å². The molecule has 0 amide bonds. The number of fused-ring (bicyclic) bond motifs is 1. The van der Waals surface area contributed by atoms with Gasteiger partial charge in [0.15, 0.2) is 0 Å². The van der Waals surface area contributed by atoms with E-state index in [0.29, 0.717) is 6.61 Å². The van der Waals surface area contributed by atoms with Crippen molar-refractivity contribution in [1.82, 2.24) is 14.5 Å². The Morgan fingerprint density at radius 2 is 2.15 bits per heavy atom. The number of rotatable bonds is 3. The topological polar surface area (TPSA) is 43.4 Å². The highest BCUT2D eigenvalue weighted by molar-refractivity contribution is 5.60. The Morgan fingerprint density at radius 3 is 3.00 bits per heavy atom. The quantitative estimate of drug-likeness (QED) is 0.724. The van der Waals surface area contributed by atoms with Gasteiger partial charge in [-0.25, -0.2) is 4.98 Å². The normalized spacial score (nSPS) is 22.8. The van der Waals surface area contributed by atoms with E-state index in [1.807, 2.05) is 18.3 Å². The van der Waals surface area contributed by atoms with Crippen molar-refractivity contribution in [3.8, 4) is 11.3 Å². The molecule has 1 atom stereocenters. The lowest BCUT2D eigenvalue weighted by Gasteiger charge is -2.35. The van der Waals surface area contributed by atoms with Crippen LogP contribution in [0.1, 0.15) is 23.6 Å². The second-order valence-corrected chi connectivity index (χ2v) is 7.53. The Hall–Kier alpha value is -2.37. The lowest BCUT2D eigenvalue weighted by atomic mass is 10.0. The van der Waals surface area contributed by atoms with Crippen LogP contribution in [0, 0.1) is 6.92 Å². The maximum absolute atomic E-state index is 6.32. The summed E-state index contributed by atoms with van der Waals surface area (Å²) in [6, 6.07) is 12.6. The first kappa shape index (κ1) is 15.9. The number of aromatic nitrogens is 2. The van der Waals surface area contributed by atoms with Gasteiger partial charge in [0.1, 0.15) is 23.8 Å². The van der Waals surface area contributed by atoms with Gasteiger partial charge in [-0.15, -0.1) is 0 Å². The van der Waals surface area contributed by atoms with Gasteiger partial charge in [0.05, 0.1) is 31.2 Å². The van der Waals surface area contributed by atoms with Crippen LogP contribution in [0.3, 0.4) is 0 Å². The van der Waals surface area contributed by atoms with Gasteiger partial charge in [-0.3, -0.25) is 4.90 Å². The third kappa shape index (κ3) is 2.77. The van der Waals surface area contributed by atoms with Crippen LogP contribution < -0.4 is 0 Å². The smallest absolute Gasteiger partial charge is 0.135 e. The summed E-state index contributed by atoms with van der Waals surface area (Å²) in [5, 5.41) is 0. The number of hydrogen-bond acceptors (Lipinski definition) is 4. The summed E-state index contributed by atoms with van der Waals surface area (Å²) in [5.74, 6) is 2.04. The van der Waals surface area contributed by atoms with E-state index in [1.54, 1.807) is 6.26 Å². The average molecular weight is 349 g/mol. The molecule has 0 saturated carbocycles. The maximum Gasteiger partial charge on any atom is 0.135 e. The van der Waals surface area contributed by atoms with Gasteiger partial charge >= 0.3 is 0 Å². The Bertz CT molecular complexity index is 915. The molecule has 134 valence electrons. The summed E-state index contributed by atoms with van der Waals surface area (Å²) in [6.07, 6.45) is 4.77. The Balaban J connectivity index is 1.39. The SMILES string of the molecule is Cc1cccc(-c2cnc3n2C[C@]2(CCN(Cc4ccco4)C2)OC3)c1. The molecule has 1 aromatic carbocycles. The first-order valence-electron chi connectivity index (χ1n) is 9.21. The minimum Gasteiger partial charge on any atom is -0.468 e. The molecule has 2 aromatic heterocycles. The standard InChI is InChI=1S/C21H23N3O2/c1-16-4-2-5-17(10-16)19-11-22-20-13-26-21(15-24(19)20)7-8-23(14-21)12-18-6-3-9-25-18/h2-6,9-11H,7-8,12-15H2,1H3/t21-/m1/s1. The summed E-state index contributed by atoms with van der Waals surface area (Å²) < 4.78 is 14.2. The van der Waals surface area contributed by atoms with Gasteiger partial charge in [-0.05, 0) is 31.5 Å². The van der Waals surface area contributed by atoms with E-state index in [-0.39, 0.29) is 5.60 Å². The van der Waals surface area contributed by atoms with Crippen LogP contribution in [-0.2, 0) is 24.4 Å². The van der Waals surface area contributed by atoms with Crippen molar-refractivity contribution in [3.63, 3.8) is 0 Å². The first-order chi connectivity index (χ1) is 12.7. The van der Waals surface area contributed by atoms with E-state index >= 15 is 0 Å². The number of ether oxygens (including phenoxy) is 1. The fourth-order valence-electron chi connectivity index (χ4n) is 4.22. The zero-order chi connectivity index (χ0) is 17.6. The number of benzene rings is 1. The third-order valence-corrected chi connectivity index (χ3v) is 5.56. The van der Waals surface area contributed by atoms with E-state index < -0.39 is 0 Å². The molecule has 5 heteroatoms. The highest BCUT2D eigenvalue weighted by atomic mass is 16.5. The highest BCUT2D eigenvalue weighted by Crippen LogP contribution is 2.35. The Labute approximate surface area is 153 Å². The van der Waals surface area contributed by atoms with E-state index in [1.165, 1.54) is 16.8 Å². The summed E-state index contributed by atoms with van der Waals surface area (Å²) in [4.78, 5) is 7.03. The van der Waals surface area contributed by atoms with Crippen molar-refractivity contribution >= 4 is 0 Å². The van der Waals surface area contributed by atoms with E-state index in [2.05, 4.69) is 45.6 Å². The second-order valence-electron chi connectivity index (χ2n) is 7.53. The molecular formula is C21H23N3O2. The molecule has 3 aromatic rings. The molecular weight excluding hydrogens is 326 g/mol. The number of imidazole rings is 1. The number of nitrogens with zero attached hydrogens (tertiary/aromatic N) is 3. The number of aryl methyl sites for hydroxylation is 1. The zero-order valence-corrected chi connectivity index (χ0v) is 15.0. The fourth-order valence-corrected chi connectivity index (χ4v) is 4.22. The molecule has 1 fully saturated rings. The number of hydrogen-bond donors (Lipinski definition) is 0. The summed E-state index contributed by atoms with van der Waals surface area (Å²) in [7, 11) is 0. The number of furan rings is 1. The van der Waals surface area contributed by atoms with Crippen LogP contribution in [0.5, 0.6) is 0 Å². The molecule has 0 bridgehead atoms. The Kier molecular flexibility index (Phi) is 3.72. The molecule has 0 radical (unpaired) electrons. The Morgan fingerprint density at radius 1 is 1.19 bits per heavy atom. The first-order valence-corrected chi connectivity index (χ1v) is 9.21. The molecule has 0 aliphatic carbocycles. The van der Waals surface area contributed by atoms with E-state index in [0.717, 1.165) is 44.2 Å². The molecule has 2 aliphatic heterocycles. The van der Waals surface area contributed by atoms with Gasteiger partial charge in [-0.1, -0.05) is 23.8 Å². The van der Waals surface area contributed by atoms with Crippen molar-refractivity contribution in [2.24, 2.45) is 0 Å². The van der Waals surface area contributed by atoms with Gasteiger partial charge in [0.2, 0.25) is 0 Å². The average Bonchev–Trinajstić information content (AvgIpc) is 3.36. The lowest BCUT2D eigenvalue weighted by molar-refractivity contribution is -0.0823. The van der Waals surface area contributed by atoms with Crippen molar-refractivity contribution in [2.75, 3.05) is 13.1 Å². The van der Waals surface area contributed by atoms with E-state index in [9.17, 15) is 0 Å². The predicted molar refractivity (Wildman–Crippen MR) is 98.5 cm³/mol. The summed E-state index contributed by atoms with van der Waals surface area (Å²) >= 11 is 0. The molecule has 4 heterocycles. The third-order valence-electron chi connectivity index (χ3n) is 5.56. The van der Waals surface area contributed by atoms with Crippen molar-refractivity contribution in [2.45, 2.75) is 38.6 Å². The van der Waals surface area contributed by atoms with Crippen LogP contribution >= 0.6 is 0 Å². The number of likely N-dealkylation sites (tertiary alicyclic amines) is 1. The monoisotopic (exact) mass is 349 g/mol. The highest BCUT2D eigenvalue weighted by Gasteiger charge is 2.43. The van der Waals surface area contributed by atoms with Crippen LogP contribution in [-0.4, -0.2) is 33.1 Å². The van der Waals surface area contributed by atoms with Crippen molar-refractivity contribution in [3.05, 3.63) is 66.0 Å². The molecule has 2 aliphatic rings. The minimum atomic E-state index is -0.126. The zero-order valence-electron chi connectivity index (χ0n) is 15.0. The van der Waals surface area contributed by atoms with E-state index in [4.69, 9.17) is 9.15 Å². The molecule has 26 heavy (non-hydrogen) atoms. The maximum atomic E-state index is 6.32. The summed E-state index contributed by atoms with van der Waals surface area (Å²) in [5.41, 5.74) is 3.56.